The maximum atomic E-state index is 12.5. The molecule has 1 aromatic heterocycles. The van der Waals surface area contributed by atoms with Gasteiger partial charge >= 0.3 is 0 Å². The predicted octanol–water partition coefficient (Wildman–Crippen LogP) is 2.05. The second-order valence-corrected chi connectivity index (χ2v) is 7.65. The van der Waals surface area contributed by atoms with E-state index in [-0.39, 0.29) is 5.92 Å². The molecule has 116 valence electrons. The third kappa shape index (κ3) is 3.97. The number of amides is 1. The summed E-state index contributed by atoms with van der Waals surface area (Å²) in [7, 11) is 0. The van der Waals surface area contributed by atoms with Crippen molar-refractivity contribution in [3.8, 4) is 0 Å². The summed E-state index contributed by atoms with van der Waals surface area (Å²) in [5.74, 6) is 0.544. The predicted molar refractivity (Wildman–Crippen MR) is 86.8 cm³/mol. The van der Waals surface area contributed by atoms with Crippen molar-refractivity contribution < 1.29 is 4.79 Å². The van der Waals surface area contributed by atoms with Crippen molar-refractivity contribution in [1.82, 2.24) is 15.1 Å². The summed E-state index contributed by atoms with van der Waals surface area (Å²) >= 11 is 7.62. The highest BCUT2D eigenvalue weighted by Crippen LogP contribution is 2.23. The number of rotatable bonds is 3. The minimum atomic E-state index is 0.196. The van der Waals surface area contributed by atoms with Gasteiger partial charge in [0.2, 0.25) is 5.91 Å². The van der Waals surface area contributed by atoms with Gasteiger partial charge in [-0.15, -0.1) is 11.3 Å². The van der Waals surface area contributed by atoms with Gasteiger partial charge in [0.05, 0.1) is 10.3 Å². The summed E-state index contributed by atoms with van der Waals surface area (Å²) in [6.07, 6.45) is 2.16. The van der Waals surface area contributed by atoms with E-state index in [1.54, 1.807) is 11.3 Å². The van der Waals surface area contributed by atoms with Gasteiger partial charge in [-0.25, -0.2) is 0 Å². The molecule has 3 heterocycles. The molecule has 1 unspecified atom stereocenters. The van der Waals surface area contributed by atoms with Crippen LogP contribution in [-0.4, -0.2) is 55.0 Å². The van der Waals surface area contributed by atoms with Crippen LogP contribution in [-0.2, 0) is 11.3 Å². The number of nitrogens with one attached hydrogen (secondary N) is 1. The standard InChI is InChI=1S/C15H22ClN3OS/c16-14-4-3-13(21-14)11-18-6-8-19(9-7-18)15(20)12-2-1-5-17-10-12/h3-4,12,17H,1-2,5-11H2. The van der Waals surface area contributed by atoms with Crippen molar-refractivity contribution in [3.05, 3.63) is 21.3 Å². The van der Waals surface area contributed by atoms with Gasteiger partial charge in [0.25, 0.3) is 0 Å². The molecule has 1 aromatic rings. The van der Waals surface area contributed by atoms with E-state index in [9.17, 15) is 4.79 Å². The monoisotopic (exact) mass is 327 g/mol. The van der Waals surface area contributed by atoms with Gasteiger partial charge in [0, 0.05) is 44.1 Å². The summed E-state index contributed by atoms with van der Waals surface area (Å²) in [6, 6.07) is 4.05. The van der Waals surface area contributed by atoms with E-state index in [0.29, 0.717) is 5.91 Å². The Morgan fingerprint density at radius 1 is 1.33 bits per heavy atom. The lowest BCUT2D eigenvalue weighted by Crippen LogP contribution is -2.51. The topological polar surface area (TPSA) is 35.6 Å². The zero-order valence-electron chi connectivity index (χ0n) is 12.2. The van der Waals surface area contributed by atoms with E-state index in [1.165, 1.54) is 4.88 Å². The SMILES string of the molecule is O=C(C1CCCNC1)N1CCN(Cc2ccc(Cl)s2)CC1. The summed E-state index contributed by atoms with van der Waals surface area (Å²) in [4.78, 5) is 18.2. The second-order valence-electron chi connectivity index (χ2n) is 5.85. The van der Waals surface area contributed by atoms with Gasteiger partial charge in [-0.1, -0.05) is 11.6 Å². The Morgan fingerprint density at radius 3 is 2.76 bits per heavy atom. The van der Waals surface area contributed by atoms with E-state index >= 15 is 0 Å². The Bertz CT molecular complexity index is 479. The molecular formula is C15H22ClN3OS. The van der Waals surface area contributed by atoms with Gasteiger partial charge < -0.3 is 10.2 Å². The molecular weight excluding hydrogens is 306 g/mol. The fourth-order valence-corrected chi connectivity index (χ4v) is 4.23. The van der Waals surface area contributed by atoms with Gasteiger partial charge in [-0.3, -0.25) is 9.69 Å². The second kappa shape index (κ2) is 7.09. The molecule has 2 aliphatic rings. The van der Waals surface area contributed by atoms with Gasteiger partial charge in [-0.2, -0.15) is 0 Å². The number of hydrogen-bond donors (Lipinski definition) is 1. The summed E-state index contributed by atoms with van der Waals surface area (Å²) < 4.78 is 0.851. The molecule has 21 heavy (non-hydrogen) atoms. The normalized spacial score (nSPS) is 24.2. The first-order chi connectivity index (χ1) is 10.2. The van der Waals surface area contributed by atoms with Crippen molar-refractivity contribution in [2.75, 3.05) is 39.3 Å². The smallest absolute Gasteiger partial charge is 0.227 e. The van der Waals surface area contributed by atoms with Crippen molar-refractivity contribution >= 4 is 28.8 Å². The fourth-order valence-electron chi connectivity index (χ4n) is 3.10. The molecule has 0 saturated carbocycles. The Balaban J connectivity index is 1.47. The highest BCUT2D eigenvalue weighted by atomic mass is 35.5. The maximum Gasteiger partial charge on any atom is 0.227 e. The molecule has 0 aliphatic carbocycles. The Morgan fingerprint density at radius 2 is 2.14 bits per heavy atom. The minimum Gasteiger partial charge on any atom is -0.340 e. The third-order valence-corrected chi connectivity index (χ3v) is 5.55. The number of piperidine rings is 1. The largest absolute Gasteiger partial charge is 0.340 e. The quantitative estimate of drug-likeness (QED) is 0.923. The number of carbonyl (C=O) groups excluding carboxylic acids is 1. The first-order valence-corrected chi connectivity index (χ1v) is 8.88. The van der Waals surface area contributed by atoms with E-state index in [0.717, 1.165) is 63.0 Å². The van der Waals surface area contributed by atoms with Crippen molar-refractivity contribution in [2.45, 2.75) is 19.4 Å². The van der Waals surface area contributed by atoms with Crippen LogP contribution in [0.5, 0.6) is 0 Å². The molecule has 6 heteroatoms. The van der Waals surface area contributed by atoms with Crippen molar-refractivity contribution in [1.29, 1.82) is 0 Å². The first kappa shape index (κ1) is 15.3. The molecule has 4 nitrogen and oxygen atoms in total. The zero-order chi connectivity index (χ0) is 14.7. The van der Waals surface area contributed by atoms with Gasteiger partial charge in [0.1, 0.15) is 0 Å². The van der Waals surface area contributed by atoms with Crippen LogP contribution >= 0.6 is 22.9 Å². The first-order valence-electron chi connectivity index (χ1n) is 7.68. The molecule has 2 fully saturated rings. The van der Waals surface area contributed by atoms with Crippen LogP contribution < -0.4 is 5.32 Å². The highest BCUT2D eigenvalue weighted by molar-refractivity contribution is 7.16. The number of thiophene rings is 1. The van der Waals surface area contributed by atoms with Crippen LogP contribution in [0.4, 0.5) is 0 Å². The van der Waals surface area contributed by atoms with Crippen LogP contribution in [0.15, 0.2) is 12.1 Å². The van der Waals surface area contributed by atoms with E-state index < -0.39 is 0 Å². The summed E-state index contributed by atoms with van der Waals surface area (Å²) in [5, 5.41) is 3.33. The lowest BCUT2D eigenvalue weighted by atomic mass is 9.98. The number of piperazine rings is 1. The van der Waals surface area contributed by atoms with Crippen LogP contribution in [0.3, 0.4) is 0 Å². The molecule has 0 spiro atoms. The molecule has 1 atom stereocenters. The third-order valence-electron chi connectivity index (χ3n) is 4.34. The summed E-state index contributed by atoms with van der Waals surface area (Å²) in [5.41, 5.74) is 0. The Labute approximate surface area is 135 Å². The molecule has 2 aliphatic heterocycles. The molecule has 0 radical (unpaired) electrons. The molecule has 1 N–H and O–H groups in total. The minimum absolute atomic E-state index is 0.196. The van der Waals surface area contributed by atoms with Gasteiger partial charge in [-0.05, 0) is 31.5 Å². The van der Waals surface area contributed by atoms with E-state index in [2.05, 4.69) is 21.2 Å². The van der Waals surface area contributed by atoms with E-state index in [1.807, 2.05) is 6.07 Å². The van der Waals surface area contributed by atoms with Crippen LogP contribution in [0.2, 0.25) is 4.34 Å². The number of carbonyl (C=O) groups is 1. The number of nitrogens with zero attached hydrogens (tertiary/aromatic N) is 2. The molecule has 0 aromatic carbocycles. The lowest BCUT2D eigenvalue weighted by Gasteiger charge is -2.37. The average Bonchev–Trinajstić information content (AvgIpc) is 2.93. The highest BCUT2D eigenvalue weighted by Gasteiger charge is 2.28. The van der Waals surface area contributed by atoms with Gasteiger partial charge in [0.15, 0.2) is 0 Å². The molecule has 3 rings (SSSR count). The molecule has 2 saturated heterocycles. The van der Waals surface area contributed by atoms with Crippen molar-refractivity contribution in [2.24, 2.45) is 5.92 Å². The lowest BCUT2D eigenvalue weighted by molar-refractivity contribution is -0.137. The molecule has 1 amide bonds. The van der Waals surface area contributed by atoms with Crippen LogP contribution in [0, 0.1) is 5.92 Å². The van der Waals surface area contributed by atoms with Crippen LogP contribution in [0.25, 0.3) is 0 Å². The maximum absolute atomic E-state index is 12.5. The summed E-state index contributed by atoms with van der Waals surface area (Å²) in [6.45, 7) is 6.49. The number of hydrogen-bond acceptors (Lipinski definition) is 4. The van der Waals surface area contributed by atoms with Crippen LogP contribution in [0.1, 0.15) is 17.7 Å². The molecule has 0 bridgehead atoms. The Kier molecular flexibility index (Phi) is 5.16. The Hall–Kier alpha value is -0.620. The van der Waals surface area contributed by atoms with Crippen molar-refractivity contribution in [3.63, 3.8) is 0 Å². The number of halogens is 1. The van der Waals surface area contributed by atoms with E-state index in [4.69, 9.17) is 11.6 Å². The zero-order valence-corrected chi connectivity index (χ0v) is 13.8. The average molecular weight is 328 g/mol. The fraction of sp³-hybridized carbons (Fsp3) is 0.667.